The zero-order chi connectivity index (χ0) is 25.1. The number of para-hydroxylation sites is 1. The summed E-state index contributed by atoms with van der Waals surface area (Å²) in [4.78, 5) is 31.0. The van der Waals surface area contributed by atoms with E-state index in [-0.39, 0.29) is 35.1 Å². The highest BCUT2D eigenvalue weighted by molar-refractivity contribution is 7.14. The fourth-order valence-electron chi connectivity index (χ4n) is 4.23. The zero-order valence-electron chi connectivity index (χ0n) is 19.4. The van der Waals surface area contributed by atoms with Gasteiger partial charge in [-0.25, -0.2) is 0 Å². The van der Waals surface area contributed by atoms with Crippen molar-refractivity contribution in [2.45, 2.75) is 32.3 Å². The Kier molecular flexibility index (Phi) is 7.67. The van der Waals surface area contributed by atoms with E-state index in [1.54, 1.807) is 19.2 Å². The van der Waals surface area contributed by atoms with Crippen LogP contribution in [0.15, 0.2) is 36.4 Å². The molecule has 2 amide bonds. The number of hydrogen-bond donors (Lipinski definition) is 1. The summed E-state index contributed by atoms with van der Waals surface area (Å²) in [5.41, 5.74) is -0.0763. The predicted octanol–water partition coefficient (Wildman–Crippen LogP) is 3.65. The summed E-state index contributed by atoms with van der Waals surface area (Å²) in [7, 11) is 1.63. The maximum atomic E-state index is 12.8. The normalized spacial score (nSPS) is 17.8. The van der Waals surface area contributed by atoms with E-state index in [2.05, 4.69) is 15.0 Å². The number of methoxy groups -OCH3 is 1. The highest BCUT2D eigenvalue weighted by atomic mass is 32.1. The predicted molar refractivity (Wildman–Crippen MR) is 124 cm³/mol. The van der Waals surface area contributed by atoms with Crippen molar-refractivity contribution in [3.8, 4) is 5.75 Å². The fraction of sp³-hybridized carbons (Fsp3) is 0.500. The van der Waals surface area contributed by atoms with Gasteiger partial charge in [0.25, 0.3) is 5.91 Å². The van der Waals surface area contributed by atoms with E-state index in [9.17, 15) is 22.8 Å². The number of hydrogen-bond acceptors (Lipinski definition) is 6. The average molecular weight is 512 g/mol. The number of carbonyl (C=O) groups excluding carboxylic acids is 2. The van der Waals surface area contributed by atoms with Gasteiger partial charge in [0.2, 0.25) is 5.91 Å². The van der Waals surface area contributed by atoms with E-state index in [1.165, 1.54) is 29.5 Å². The first-order chi connectivity index (χ1) is 16.7. The highest BCUT2D eigenvalue weighted by Gasteiger charge is 2.52. The summed E-state index contributed by atoms with van der Waals surface area (Å²) in [5, 5.41) is 2.66. The first kappa shape index (κ1) is 25.5. The van der Waals surface area contributed by atoms with Gasteiger partial charge in [0.05, 0.1) is 16.9 Å². The Morgan fingerprint density at radius 3 is 2.46 bits per heavy atom. The molecule has 11 heteroatoms. The molecule has 7 nitrogen and oxygen atoms in total. The monoisotopic (exact) mass is 511 g/mol. The van der Waals surface area contributed by atoms with Crippen molar-refractivity contribution in [3.05, 3.63) is 51.7 Å². The smallest absolute Gasteiger partial charge is 0.405 e. The number of nitrogens with zero attached hydrogens (tertiary/aromatic N) is 2. The molecule has 2 aliphatic rings. The second-order valence-electron chi connectivity index (χ2n) is 8.89. The van der Waals surface area contributed by atoms with Crippen molar-refractivity contribution in [3.63, 3.8) is 0 Å². The molecule has 0 atom stereocenters. The van der Waals surface area contributed by atoms with Gasteiger partial charge in [-0.15, -0.1) is 24.5 Å². The molecule has 190 valence electrons. The molecule has 1 aromatic heterocycles. The lowest BCUT2D eigenvalue weighted by atomic mass is 10.1. The lowest BCUT2D eigenvalue weighted by molar-refractivity contribution is -0.274. The van der Waals surface area contributed by atoms with Crippen molar-refractivity contribution in [2.24, 2.45) is 5.41 Å². The van der Waals surface area contributed by atoms with Crippen LogP contribution in [-0.4, -0.2) is 67.9 Å². The Bertz CT molecular complexity index is 1050. The SMILES string of the molecule is COCC1(C(=O)N2CCN(Cc3ccc(C(=O)NCc4ccccc4OC(F)(F)F)s3)CC2)CC1. The Labute approximate surface area is 205 Å². The summed E-state index contributed by atoms with van der Waals surface area (Å²) in [6, 6.07) is 9.32. The number of ether oxygens (including phenoxy) is 2. The van der Waals surface area contributed by atoms with Crippen LogP contribution >= 0.6 is 11.3 Å². The maximum Gasteiger partial charge on any atom is 0.573 e. The van der Waals surface area contributed by atoms with Crippen LogP contribution in [0.1, 0.15) is 33.0 Å². The van der Waals surface area contributed by atoms with E-state index in [0.717, 1.165) is 30.8 Å². The molecule has 1 aliphatic heterocycles. The second kappa shape index (κ2) is 10.5. The molecular formula is C24H28F3N3O4S. The van der Waals surface area contributed by atoms with Crippen molar-refractivity contribution in [2.75, 3.05) is 39.9 Å². The standard InChI is InChI=1S/C24H28F3N3O4S/c1-33-16-23(8-9-23)22(32)30-12-10-29(11-13-30)15-18-6-7-20(35-18)21(31)28-14-17-4-2-3-5-19(17)34-24(25,26)27/h2-7H,8-16H2,1H3,(H,28,31). The number of nitrogens with one attached hydrogen (secondary N) is 1. The Morgan fingerprint density at radius 2 is 1.80 bits per heavy atom. The number of halogens is 3. The molecule has 0 radical (unpaired) electrons. The Morgan fingerprint density at radius 1 is 1.09 bits per heavy atom. The molecular weight excluding hydrogens is 483 g/mol. The van der Waals surface area contributed by atoms with Crippen molar-refractivity contribution in [1.29, 1.82) is 0 Å². The van der Waals surface area contributed by atoms with Crippen LogP contribution < -0.4 is 10.1 Å². The molecule has 35 heavy (non-hydrogen) atoms. The third kappa shape index (κ3) is 6.53. The Balaban J connectivity index is 1.26. The van der Waals surface area contributed by atoms with Crippen molar-refractivity contribution < 1.29 is 32.2 Å². The molecule has 0 unspecified atom stereocenters. The molecule has 1 aliphatic carbocycles. The molecule has 1 N–H and O–H groups in total. The summed E-state index contributed by atoms with van der Waals surface area (Å²) in [6.07, 6.45) is -3.02. The molecule has 4 rings (SSSR count). The van der Waals surface area contributed by atoms with Crippen LogP contribution in [0.25, 0.3) is 0 Å². The van der Waals surface area contributed by atoms with Crippen LogP contribution in [0.4, 0.5) is 13.2 Å². The molecule has 0 bridgehead atoms. The molecule has 1 saturated heterocycles. The van der Waals surface area contributed by atoms with Gasteiger partial charge < -0.3 is 19.7 Å². The minimum absolute atomic E-state index is 0.0845. The van der Waals surface area contributed by atoms with E-state index < -0.39 is 6.36 Å². The molecule has 0 spiro atoms. The number of amides is 2. The third-order valence-electron chi connectivity index (χ3n) is 6.29. The summed E-state index contributed by atoms with van der Waals surface area (Å²) in [5.74, 6) is -0.498. The number of thiophene rings is 1. The minimum atomic E-state index is -4.80. The first-order valence-electron chi connectivity index (χ1n) is 11.4. The lowest BCUT2D eigenvalue weighted by Crippen LogP contribution is -2.51. The van der Waals surface area contributed by atoms with Gasteiger partial charge in [-0.1, -0.05) is 18.2 Å². The fourth-order valence-corrected chi connectivity index (χ4v) is 5.20. The van der Waals surface area contributed by atoms with E-state index >= 15 is 0 Å². The van der Waals surface area contributed by atoms with E-state index in [0.29, 0.717) is 31.1 Å². The number of benzene rings is 1. The summed E-state index contributed by atoms with van der Waals surface area (Å²) in [6.45, 7) is 3.91. The summed E-state index contributed by atoms with van der Waals surface area (Å²) < 4.78 is 47.0. The molecule has 2 fully saturated rings. The summed E-state index contributed by atoms with van der Waals surface area (Å²) >= 11 is 1.35. The van der Waals surface area contributed by atoms with Crippen LogP contribution in [-0.2, 0) is 22.6 Å². The Hall–Kier alpha value is -2.63. The molecule has 1 saturated carbocycles. The topological polar surface area (TPSA) is 71.1 Å². The van der Waals surface area contributed by atoms with Crippen LogP contribution in [0, 0.1) is 5.41 Å². The average Bonchev–Trinajstić information content (AvgIpc) is 3.46. The zero-order valence-corrected chi connectivity index (χ0v) is 20.2. The lowest BCUT2D eigenvalue weighted by Gasteiger charge is -2.36. The van der Waals surface area contributed by atoms with E-state index in [4.69, 9.17) is 4.74 Å². The first-order valence-corrected chi connectivity index (χ1v) is 12.2. The quantitative estimate of drug-likeness (QED) is 0.557. The number of rotatable bonds is 9. The van der Waals surface area contributed by atoms with Gasteiger partial charge in [-0.3, -0.25) is 14.5 Å². The van der Waals surface area contributed by atoms with Crippen molar-refractivity contribution >= 4 is 23.2 Å². The van der Waals surface area contributed by atoms with Gasteiger partial charge in [-0.05, 0) is 31.0 Å². The van der Waals surface area contributed by atoms with Gasteiger partial charge in [0.15, 0.2) is 0 Å². The third-order valence-corrected chi connectivity index (χ3v) is 7.36. The second-order valence-corrected chi connectivity index (χ2v) is 10.1. The number of alkyl halides is 3. The largest absolute Gasteiger partial charge is 0.573 e. The van der Waals surface area contributed by atoms with Gasteiger partial charge in [-0.2, -0.15) is 0 Å². The van der Waals surface area contributed by atoms with Crippen molar-refractivity contribution in [1.82, 2.24) is 15.1 Å². The number of piperazine rings is 1. The van der Waals surface area contributed by atoms with Crippen LogP contribution in [0.2, 0.25) is 0 Å². The van der Waals surface area contributed by atoms with Gasteiger partial charge in [0.1, 0.15) is 5.75 Å². The van der Waals surface area contributed by atoms with Gasteiger partial charge in [0, 0.05) is 56.8 Å². The van der Waals surface area contributed by atoms with E-state index in [1.807, 2.05) is 11.0 Å². The molecule has 2 heterocycles. The maximum absolute atomic E-state index is 12.8. The number of carbonyl (C=O) groups is 2. The highest BCUT2D eigenvalue weighted by Crippen LogP contribution is 2.47. The van der Waals surface area contributed by atoms with Crippen LogP contribution in [0.3, 0.4) is 0 Å². The minimum Gasteiger partial charge on any atom is -0.405 e. The van der Waals surface area contributed by atoms with Crippen LogP contribution in [0.5, 0.6) is 5.75 Å². The molecule has 1 aromatic carbocycles. The van der Waals surface area contributed by atoms with Gasteiger partial charge >= 0.3 is 6.36 Å². The molecule has 2 aromatic rings.